The van der Waals surface area contributed by atoms with Crippen LogP contribution in [0.2, 0.25) is 0 Å². The molecule has 232 valence electrons. The van der Waals surface area contributed by atoms with Gasteiger partial charge in [-0.1, -0.05) is 51.5 Å². The topological polar surface area (TPSA) is 97.0 Å². The summed E-state index contributed by atoms with van der Waals surface area (Å²) in [5.74, 6) is 0.164. The van der Waals surface area contributed by atoms with E-state index >= 15 is 0 Å². The van der Waals surface area contributed by atoms with Crippen LogP contribution in [-0.4, -0.2) is 47.6 Å². The SMILES string of the molecule is COc1ccc(NC(=O)C(c2ccc(C)cc2C)N(C(=O)C(NC(=O)OC(C)(C)C)C(C)C)C(C)CCC(C)C)cc1. The van der Waals surface area contributed by atoms with E-state index in [1.807, 2.05) is 52.8 Å². The van der Waals surface area contributed by atoms with Crippen molar-refractivity contribution in [1.29, 1.82) is 0 Å². The number of rotatable bonds is 12. The molecular formula is C34H51N3O5. The molecule has 0 heterocycles. The molecule has 0 bridgehead atoms. The summed E-state index contributed by atoms with van der Waals surface area (Å²) in [6.07, 6.45) is 0.893. The van der Waals surface area contributed by atoms with Gasteiger partial charge in [-0.15, -0.1) is 0 Å². The van der Waals surface area contributed by atoms with Crippen molar-refractivity contribution in [3.63, 3.8) is 0 Å². The van der Waals surface area contributed by atoms with Crippen molar-refractivity contribution < 1.29 is 23.9 Å². The van der Waals surface area contributed by atoms with Crippen molar-refractivity contribution in [2.45, 2.75) is 106 Å². The number of anilines is 1. The van der Waals surface area contributed by atoms with E-state index in [0.29, 0.717) is 23.8 Å². The maximum atomic E-state index is 14.6. The molecule has 0 saturated carbocycles. The van der Waals surface area contributed by atoms with Crippen molar-refractivity contribution in [3.8, 4) is 5.75 Å². The minimum Gasteiger partial charge on any atom is -0.497 e. The standard InChI is InChI=1S/C34H51N3O5/c1-21(2)12-14-25(7)37(32(39)29(22(3)4)36-33(40)42-34(8,9)10)30(28-19-13-23(5)20-24(28)6)31(38)35-26-15-17-27(41-11)18-16-26/h13,15-22,25,29-30H,12,14H2,1-11H3,(H,35,38)(H,36,40). The van der Waals surface area contributed by atoms with Crippen LogP contribution in [0.3, 0.4) is 0 Å². The molecule has 3 amide bonds. The van der Waals surface area contributed by atoms with E-state index in [9.17, 15) is 14.4 Å². The highest BCUT2D eigenvalue weighted by atomic mass is 16.6. The summed E-state index contributed by atoms with van der Waals surface area (Å²) in [6.45, 7) is 19.3. The molecule has 2 rings (SSSR count). The summed E-state index contributed by atoms with van der Waals surface area (Å²) in [6, 6.07) is 10.8. The Kier molecular flexibility index (Phi) is 12.4. The predicted molar refractivity (Wildman–Crippen MR) is 169 cm³/mol. The molecule has 0 aliphatic heterocycles. The van der Waals surface area contributed by atoms with E-state index in [2.05, 4.69) is 24.5 Å². The van der Waals surface area contributed by atoms with Gasteiger partial charge in [0.25, 0.3) is 5.91 Å². The van der Waals surface area contributed by atoms with Crippen LogP contribution in [0.1, 0.15) is 91.0 Å². The number of carbonyl (C=O) groups excluding carboxylic acids is 3. The molecule has 8 heteroatoms. The van der Waals surface area contributed by atoms with Gasteiger partial charge in [0.2, 0.25) is 5.91 Å². The molecule has 0 fully saturated rings. The van der Waals surface area contributed by atoms with Crippen molar-refractivity contribution in [2.24, 2.45) is 11.8 Å². The summed E-state index contributed by atoms with van der Waals surface area (Å²) in [7, 11) is 1.59. The fourth-order valence-corrected chi connectivity index (χ4v) is 4.86. The molecule has 3 unspecified atom stereocenters. The van der Waals surface area contributed by atoms with Crippen molar-refractivity contribution in [1.82, 2.24) is 10.2 Å². The van der Waals surface area contributed by atoms with Gasteiger partial charge in [-0.3, -0.25) is 9.59 Å². The van der Waals surface area contributed by atoms with Gasteiger partial charge < -0.3 is 25.0 Å². The lowest BCUT2D eigenvalue weighted by atomic mass is 9.92. The van der Waals surface area contributed by atoms with E-state index in [-0.39, 0.29) is 23.8 Å². The zero-order valence-electron chi connectivity index (χ0n) is 27.3. The average molecular weight is 582 g/mol. The lowest BCUT2D eigenvalue weighted by Crippen LogP contribution is -2.56. The lowest BCUT2D eigenvalue weighted by Gasteiger charge is -2.40. The van der Waals surface area contributed by atoms with Crippen LogP contribution in [0.4, 0.5) is 10.5 Å². The van der Waals surface area contributed by atoms with Crippen molar-refractivity contribution in [2.75, 3.05) is 12.4 Å². The normalized spacial score (nSPS) is 13.7. The second kappa shape index (κ2) is 15.1. The fourth-order valence-electron chi connectivity index (χ4n) is 4.86. The smallest absolute Gasteiger partial charge is 0.408 e. The second-order valence-corrected chi connectivity index (χ2v) is 12.9. The molecule has 42 heavy (non-hydrogen) atoms. The molecule has 0 radical (unpaired) electrons. The number of aryl methyl sites for hydroxylation is 2. The molecule has 2 N–H and O–H groups in total. The molecule has 0 aliphatic carbocycles. The summed E-state index contributed by atoms with van der Waals surface area (Å²) in [4.78, 5) is 43.3. The number of alkyl carbamates (subject to hydrolysis) is 1. The molecule has 0 saturated heterocycles. The Balaban J connectivity index is 2.65. The van der Waals surface area contributed by atoms with Crippen LogP contribution < -0.4 is 15.4 Å². The zero-order chi connectivity index (χ0) is 31.8. The monoisotopic (exact) mass is 581 g/mol. The third kappa shape index (κ3) is 10.1. The first-order valence-electron chi connectivity index (χ1n) is 14.9. The molecule has 2 aromatic rings. The summed E-state index contributed by atoms with van der Waals surface area (Å²) >= 11 is 0. The largest absolute Gasteiger partial charge is 0.497 e. The Hall–Kier alpha value is -3.55. The van der Waals surface area contributed by atoms with Gasteiger partial charge in [-0.2, -0.15) is 0 Å². The molecule has 8 nitrogen and oxygen atoms in total. The number of benzene rings is 2. The molecule has 0 aromatic heterocycles. The number of nitrogens with one attached hydrogen (secondary N) is 2. The first-order valence-corrected chi connectivity index (χ1v) is 14.9. The molecular weight excluding hydrogens is 530 g/mol. The quantitative estimate of drug-likeness (QED) is 0.276. The van der Waals surface area contributed by atoms with Crippen LogP contribution in [-0.2, 0) is 14.3 Å². The maximum absolute atomic E-state index is 14.6. The van der Waals surface area contributed by atoms with Crippen molar-refractivity contribution >= 4 is 23.6 Å². The molecule has 0 spiro atoms. The minimum absolute atomic E-state index is 0.255. The average Bonchev–Trinajstić information content (AvgIpc) is 2.88. The van der Waals surface area contributed by atoms with Crippen LogP contribution in [0, 0.1) is 25.7 Å². The van der Waals surface area contributed by atoms with E-state index in [4.69, 9.17) is 9.47 Å². The second-order valence-electron chi connectivity index (χ2n) is 12.9. The van der Waals surface area contributed by atoms with Crippen molar-refractivity contribution in [3.05, 3.63) is 59.2 Å². The Morgan fingerprint density at radius 2 is 1.52 bits per heavy atom. The van der Waals surface area contributed by atoms with E-state index in [1.165, 1.54) is 0 Å². The van der Waals surface area contributed by atoms with Crippen LogP contribution in [0.25, 0.3) is 0 Å². The first-order chi connectivity index (χ1) is 19.5. The van der Waals surface area contributed by atoms with Crippen LogP contribution in [0.15, 0.2) is 42.5 Å². The number of carbonyl (C=O) groups is 3. The third-order valence-electron chi connectivity index (χ3n) is 7.10. The van der Waals surface area contributed by atoms with E-state index in [1.54, 1.807) is 57.0 Å². The zero-order valence-corrected chi connectivity index (χ0v) is 27.3. The Morgan fingerprint density at radius 3 is 2.02 bits per heavy atom. The number of ether oxygens (including phenoxy) is 2. The number of nitrogens with zero attached hydrogens (tertiary/aromatic N) is 1. The maximum Gasteiger partial charge on any atom is 0.408 e. The van der Waals surface area contributed by atoms with Gasteiger partial charge in [0.1, 0.15) is 23.4 Å². The Labute approximate surface area is 252 Å². The van der Waals surface area contributed by atoms with Gasteiger partial charge in [0.05, 0.1) is 7.11 Å². The van der Waals surface area contributed by atoms with Gasteiger partial charge >= 0.3 is 6.09 Å². The Morgan fingerprint density at radius 1 is 0.905 bits per heavy atom. The number of hydrogen-bond donors (Lipinski definition) is 2. The highest BCUT2D eigenvalue weighted by Gasteiger charge is 2.40. The highest BCUT2D eigenvalue weighted by Crippen LogP contribution is 2.32. The Bertz CT molecular complexity index is 1200. The first kappa shape index (κ1) is 34.7. The summed E-state index contributed by atoms with van der Waals surface area (Å²) in [5, 5.41) is 5.83. The summed E-state index contributed by atoms with van der Waals surface area (Å²) in [5.41, 5.74) is 2.56. The molecule has 2 aromatic carbocycles. The third-order valence-corrected chi connectivity index (χ3v) is 7.10. The fraction of sp³-hybridized carbons (Fsp3) is 0.559. The van der Waals surface area contributed by atoms with E-state index < -0.39 is 23.8 Å². The van der Waals surface area contributed by atoms with Crippen LogP contribution >= 0.6 is 0 Å². The minimum atomic E-state index is -0.941. The van der Waals surface area contributed by atoms with Gasteiger partial charge in [0.15, 0.2) is 0 Å². The van der Waals surface area contributed by atoms with Gasteiger partial charge in [0, 0.05) is 11.7 Å². The van der Waals surface area contributed by atoms with Crippen LogP contribution in [0.5, 0.6) is 5.75 Å². The number of amides is 3. The highest BCUT2D eigenvalue weighted by molar-refractivity contribution is 5.99. The lowest BCUT2D eigenvalue weighted by molar-refractivity contribution is -0.144. The van der Waals surface area contributed by atoms with E-state index in [0.717, 1.165) is 23.1 Å². The number of hydrogen-bond acceptors (Lipinski definition) is 5. The van der Waals surface area contributed by atoms with Gasteiger partial charge in [-0.05, 0) is 102 Å². The molecule has 3 atom stereocenters. The van der Waals surface area contributed by atoms with Gasteiger partial charge in [-0.25, -0.2) is 4.79 Å². The molecule has 0 aliphatic rings. The summed E-state index contributed by atoms with van der Waals surface area (Å²) < 4.78 is 10.8. The predicted octanol–water partition coefficient (Wildman–Crippen LogP) is 7.19. The number of methoxy groups -OCH3 is 1.